The molecule has 2 amide bonds. The Morgan fingerprint density at radius 1 is 1.22 bits per heavy atom. The van der Waals surface area contributed by atoms with Crippen LogP contribution < -0.4 is 0 Å². The largest absolute Gasteiger partial charge is 0.343 e. The molecule has 1 saturated heterocycles. The molecule has 2 heterocycles. The molecule has 1 aliphatic rings. The second-order valence-corrected chi connectivity index (χ2v) is 6.10. The maximum absolute atomic E-state index is 12.3. The molecule has 0 atom stereocenters. The predicted octanol–water partition coefficient (Wildman–Crippen LogP) is 1.77. The van der Waals surface area contributed by atoms with Crippen LogP contribution in [0.25, 0.3) is 0 Å². The van der Waals surface area contributed by atoms with E-state index in [1.54, 1.807) is 4.90 Å². The van der Waals surface area contributed by atoms with Gasteiger partial charge in [0.15, 0.2) is 0 Å². The maximum Gasteiger partial charge on any atom is 0.223 e. The monoisotopic (exact) mass is 320 g/mol. The molecule has 1 aromatic heterocycles. The van der Waals surface area contributed by atoms with Crippen LogP contribution in [0.2, 0.25) is 0 Å². The Morgan fingerprint density at radius 2 is 1.87 bits per heavy atom. The van der Waals surface area contributed by atoms with Gasteiger partial charge in [0.1, 0.15) is 0 Å². The number of aromatic nitrogens is 2. The number of likely N-dealkylation sites (tertiary alicyclic amines) is 1. The molecule has 6 heteroatoms. The fourth-order valence-corrected chi connectivity index (χ4v) is 3.32. The summed E-state index contributed by atoms with van der Waals surface area (Å²) in [5.41, 5.74) is 1.24. The van der Waals surface area contributed by atoms with Gasteiger partial charge in [-0.05, 0) is 32.8 Å². The quantitative estimate of drug-likeness (QED) is 0.803. The van der Waals surface area contributed by atoms with Gasteiger partial charge in [-0.2, -0.15) is 5.10 Å². The SMILES string of the molecule is CCN(CC)C(=O)CCC(=O)N1CCC(c2ccnn2C)CC1. The molecular formula is C17H28N4O2. The number of carbonyl (C=O) groups excluding carboxylic acids is 2. The number of rotatable bonds is 6. The van der Waals surface area contributed by atoms with E-state index in [0.717, 1.165) is 25.9 Å². The number of hydrogen-bond donors (Lipinski definition) is 0. The Bertz CT molecular complexity index is 528. The third-order valence-corrected chi connectivity index (χ3v) is 4.79. The molecule has 0 aromatic carbocycles. The van der Waals surface area contributed by atoms with E-state index < -0.39 is 0 Å². The average Bonchev–Trinajstić information content (AvgIpc) is 3.00. The summed E-state index contributed by atoms with van der Waals surface area (Å²) in [5.74, 6) is 0.658. The minimum absolute atomic E-state index is 0.0770. The van der Waals surface area contributed by atoms with Crippen molar-refractivity contribution < 1.29 is 9.59 Å². The molecule has 0 radical (unpaired) electrons. The van der Waals surface area contributed by atoms with Gasteiger partial charge in [0.05, 0.1) is 0 Å². The highest BCUT2D eigenvalue weighted by atomic mass is 16.2. The number of carbonyl (C=O) groups is 2. The Morgan fingerprint density at radius 3 is 2.39 bits per heavy atom. The van der Waals surface area contributed by atoms with E-state index in [2.05, 4.69) is 11.2 Å². The number of nitrogens with zero attached hydrogens (tertiary/aromatic N) is 4. The zero-order chi connectivity index (χ0) is 16.8. The second kappa shape index (κ2) is 8.13. The lowest BCUT2D eigenvalue weighted by Crippen LogP contribution is -2.39. The lowest BCUT2D eigenvalue weighted by atomic mass is 9.93. The highest BCUT2D eigenvalue weighted by Crippen LogP contribution is 2.27. The summed E-state index contributed by atoms with van der Waals surface area (Å²) in [7, 11) is 1.96. The van der Waals surface area contributed by atoms with Crippen molar-refractivity contribution in [2.45, 2.75) is 45.4 Å². The Balaban J connectivity index is 1.78. The molecule has 23 heavy (non-hydrogen) atoms. The van der Waals surface area contributed by atoms with E-state index in [1.807, 2.05) is 36.7 Å². The number of piperidine rings is 1. The fraction of sp³-hybridized carbons (Fsp3) is 0.706. The molecule has 0 spiro atoms. The molecule has 0 N–H and O–H groups in total. The van der Waals surface area contributed by atoms with Crippen LogP contribution in [-0.2, 0) is 16.6 Å². The molecule has 0 unspecified atom stereocenters. The van der Waals surface area contributed by atoms with Crippen molar-refractivity contribution in [3.63, 3.8) is 0 Å². The van der Waals surface area contributed by atoms with E-state index in [0.29, 0.717) is 31.8 Å². The van der Waals surface area contributed by atoms with Gasteiger partial charge in [0.25, 0.3) is 0 Å². The summed E-state index contributed by atoms with van der Waals surface area (Å²) in [6.45, 7) is 6.89. The maximum atomic E-state index is 12.3. The standard InChI is InChI=1S/C17H28N4O2/c1-4-20(5-2)16(22)6-7-17(23)21-12-9-14(10-13-21)15-8-11-18-19(15)3/h8,11,14H,4-7,9-10,12-13H2,1-3H3. The lowest BCUT2D eigenvalue weighted by molar-refractivity contribution is -0.137. The number of hydrogen-bond acceptors (Lipinski definition) is 3. The Labute approximate surface area is 138 Å². The zero-order valence-electron chi connectivity index (χ0n) is 14.5. The summed E-state index contributed by atoms with van der Waals surface area (Å²) in [6.07, 6.45) is 4.41. The van der Waals surface area contributed by atoms with Crippen LogP contribution in [0.1, 0.15) is 51.1 Å². The molecule has 128 valence electrons. The van der Waals surface area contributed by atoms with Crippen molar-refractivity contribution >= 4 is 11.8 Å². The van der Waals surface area contributed by atoms with Crippen LogP contribution in [0.3, 0.4) is 0 Å². The van der Waals surface area contributed by atoms with Crippen LogP contribution in [0.5, 0.6) is 0 Å². The van der Waals surface area contributed by atoms with Gasteiger partial charge in [-0.15, -0.1) is 0 Å². The summed E-state index contributed by atoms with van der Waals surface area (Å²) in [5, 5.41) is 4.22. The summed E-state index contributed by atoms with van der Waals surface area (Å²) in [6, 6.07) is 2.06. The summed E-state index contributed by atoms with van der Waals surface area (Å²) in [4.78, 5) is 28.0. The van der Waals surface area contributed by atoms with E-state index >= 15 is 0 Å². The molecule has 6 nitrogen and oxygen atoms in total. The van der Waals surface area contributed by atoms with Gasteiger partial charge in [-0.1, -0.05) is 0 Å². The van der Waals surface area contributed by atoms with Crippen molar-refractivity contribution in [3.8, 4) is 0 Å². The van der Waals surface area contributed by atoms with Crippen LogP contribution in [0.15, 0.2) is 12.3 Å². The second-order valence-electron chi connectivity index (χ2n) is 6.10. The summed E-state index contributed by atoms with van der Waals surface area (Å²) < 4.78 is 1.92. The first-order chi connectivity index (χ1) is 11.1. The van der Waals surface area contributed by atoms with Gasteiger partial charge in [0.2, 0.25) is 11.8 Å². The first-order valence-corrected chi connectivity index (χ1v) is 8.60. The summed E-state index contributed by atoms with van der Waals surface area (Å²) >= 11 is 0. The van der Waals surface area contributed by atoms with E-state index in [4.69, 9.17) is 0 Å². The van der Waals surface area contributed by atoms with Gasteiger partial charge < -0.3 is 9.80 Å². The highest BCUT2D eigenvalue weighted by molar-refractivity contribution is 5.83. The minimum Gasteiger partial charge on any atom is -0.343 e. The van der Waals surface area contributed by atoms with E-state index in [1.165, 1.54) is 5.69 Å². The average molecular weight is 320 g/mol. The first-order valence-electron chi connectivity index (χ1n) is 8.60. The predicted molar refractivity (Wildman–Crippen MR) is 88.9 cm³/mol. The van der Waals surface area contributed by atoms with Gasteiger partial charge in [0, 0.05) is 63.9 Å². The van der Waals surface area contributed by atoms with E-state index in [9.17, 15) is 9.59 Å². The normalized spacial score (nSPS) is 15.7. The third-order valence-electron chi connectivity index (χ3n) is 4.79. The zero-order valence-corrected chi connectivity index (χ0v) is 14.5. The molecule has 1 fully saturated rings. The molecule has 0 saturated carbocycles. The van der Waals surface area contributed by atoms with Gasteiger partial charge in [-0.3, -0.25) is 14.3 Å². The fourth-order valence-electron chi connectivity index (χ4n) is 3.32. The Hall–Kier alpha value is -1.85. The Kier molecular flexibility index (Phi) is 6.19. The molecule has 1 aromatic rings. The van der Waals surface area contributed by atoms with Crippen molar-refractivity contribution in [2.75, 3.05) is 26.2 Å². The van der Waals surface area contributed by atoms with Crippen molar-refractivity contribution in [1.82, 2.24) is 19.6 Å². The van der Waals surface area contributed by atoms with Crippen LogP contribution in [0, 0.1) is 0 Å². The smallest absolute Gasteiger partial charge is 0.223 e. The van der Waals surface area contributed by atoms with Crippen LogP contribution in [-0.4, -0.2) is 57.6 Å². The highest BCUT2D eigenvalue weighted by Gasteiger charge is 2.25. The van der Waals surface area contributed by atoms with Crippen molar-refractivity contribution in [2.24, 2.45) is 7.05 Å². The minimum atomic E-state index is 0.0770. The lowest BCUT2D eigenvalue weighted by Gasteiger charge is -2.32. The topological polar surface area (TPSA) is 58.4 Å². The van der Waals surface area contributed by atoms with Crippen molar-refractivity contribution in [3.05, 3.63) is 18.0 Å². The first kappa shape index (κ1) is 17.5. The van der Waals surface area contributed by atoms with E-state index in [-0.39, 0.29) is 11.8 Å². The van der Waals surface area contributed by atoms with Crippen LogP contribution in [0.4, 0.5) is 0 Å². The molecule has 0 bridgehead atoms. The van der Waals surface area contributed by atoms with Gasteiger partial charge >= 0.3 is 0 Å². The third kappa shape index (κ3) is 4.33. The molecule has 1 aliphatic heterocycles. The molecule has 2 rings (SSSR count). The van der Waals surface area contributed by atoms with Crippen molar-refractivity contribution in [1.29, 1.82) is 0 Å². The molecular weight excluding hydrogens is 292 g/mol. The number of amides is 2. The van der Waals surface area contributed by atoms with Crippen LogP contribution >= 0.6 is 0 Å². The van der Waals surface area contributed by atoms with Gasteiger partial charge in [-0.25, -0.2) is 0 Å². The number of aryl methyl sites for hydroxylation is 1. The molecule has 0 aliphatic carbocycles.